The van der Waals surface area contributed by atoms with Crippen LogP contribution in [0.4, 0.5) is 14.6 Å². The maximum atomic E-state index is 12.4. The second-order valence-electron chi connectivity index (χ2n) is 6.40. The van der Waals surface area contributed by atoms with Gasteiger partial charge < -0.3 is 9.64 Å². The fraction of sp³-hybridized carbons (Fsp3) is 0.647. The Balaban J connectivity index is 1.48. The van der Waals surface area contributed by atoms with E-state index in [1.807, 2.05) is 6.07 Å². The highest BCUT2D eigenvalue weighted by Gasteiger charge is 2.24. The summed E-state index contributed by atoms with van der Waals surface area (Å²) in [5, 5.41) is 0. The molecular formula is C17H23F2N3O2. The van der Waals surface area contributed by atoms with E-state index in [0.717, 1.165) is 18.9 Å². The van der Waals surface area contributed by atoms with E-state index in [4.69, 9.17) is 4.74 Å². The Labute approximate surface area is 140 Å². The molecule has 0 N–H and O–H groups in total. The molecule has 0 bridgehead atoms. The Kier molecular flexibility index (Phi) is 5.60. The van der Waals surface area contributed by atoms with Gasteiger partial charge in [0, 0.05) is 32.4 Å². The monoisotopic (exact) mass is 339 g/mol. The van der Waals surface area contributed by atoms with E-state index in [9.17, 15) is 13.6 Å². The third-order valence-corrected chi connectivity index (χ3v) is 4.62. The lowest BCUT2D eigenvalue weighted by Gasteiger charge is -2.31. The number of hydrogen-bond donors (Lipinski definition) is 0. The van der Waals surface area contributed by atoms with Gasteiger partial charge in [0.1, 0.15) is 11.9 Å². The fourth-order valence-corrected chi connectivity index (χ4v) is 3.26. The van der Waals surface area contributed by atoms with E-state index in [2.05, 4.69) is 9.88 Å². The molecule has 0 spiro atoms. The number of halogens is 2. The summed E-state index contributed by atoms with van der Waals surface area (Å²) in [7, 11) is 0. The van der Waals surface area contributed by atoms with Gasteiger partial charge in [-0.1, -0.05) is 0 Å². The van der Waals surface area contributed by atoms with Gasteiger partial charge in [0.15, 0.2) is 0 Å². The van der Waals surface area contributed by atoms with Crippen molar-refractivity contribution >= 4 is 11.8 Å². The van der Waals surface area contributed by atoms with Crippen molar-refractivity contribution in [1.29, 1.82) is 0 Å². The Morgan fingerprint density at radius 1 is 1.21 bits per heavy atom. The highest BCUT2D eigenvalue weighted by atomic mass is 19.3. The molecule has 0 atom stereocenters. The first-order valence-corrected chi connectivity index (χ1v) is 8.54. The summed E-state index contributed by atoms with van der Waals surface area (Å²) in [5.41, 5.74) is 0.438. The van der Waals surface area contributed by atoms with Crippen molar-refractivity contribution in [1.82, 2.24) is 9.88 Å². The molecule has 0 aromatic carbocycles. The molecule has 2 aliphatic heterocycles. The van der Waals surface area contributed by atoms with Crippen LogP contribution in [-0.4, -0.2) is 61.1 Å². The average Bonchev–Trinajstić information content (AvgIpc) is 3.11. The van der Waals surface area contributed by atoms with Crippen molar-refractivity contribution in [3.8, 4) is 0 Å². The molecule has 2 fully saturated rings. The third-order valence-electron chi connectivity index (χ3n) is 4.62. The van der Waals surface area contributed by atoms with Gasteiger partial charge in [0.2, 0.25) is 0 Å². The number of pyridine rings is 1. The summed E-state index contributed by atoms with van der Waals surface area (Å²) in [5.74, 6) is 0.507. The summed E-state index contributed by atoms with van der Waals surface area (Å²) in [6, 6.07) is 3.60. The minimum Gasteiger partial charge on any atom is -0.459 e. The van der Waals surface area contributed by atoms with E-state index >= 15 is 0 Å². The van der Waals surface area contributed by atoms with Crippen molar-refractivity contribution in [2.24, 2.45) is 0 Å². The second-order valence-corrected chi connectivity index (χ2v) is 6.40. The maximum absolute atomic E-state index is 12.4. The smallest absolute Gasteiger partial charge is 0.339 e. The van der Waals surface area contributed by atoms with Gasteiger partial charge in [-0.2, -0.15) is 0 Å². The summed E-state index contributed by atoms with van der Waals surface area (Å²) in [4.78, 5) is 20.5. The zero-order chi connectivity index (χ0) is 16.9. The predicted octanol–water partition coefficient (Wildman–Crippen LogP) is 2.57. The van der Waals surface area contributed by atoms with E-state index in [-0.39, 0.29) is 18.6 Å². The minimum absolute atomic E-state index is 0.204. The summed E-state index contributed by atoms with van der Waals surface area (Å²) in [6.45, 7) is 2.88. The van der Waals surface area contributed by atoms with Crippen LogP contribution in [-0.2, 0) is 4.74 Å². The predicted molar refractivity (Wildman–Crippen MR) is 86.6 cm³/mol. The number of nitrogens with zero attached hydrogens (tertiary/aromatic N) is 3. The second kappa shape index (κ2) is 7.88. The number of ether oxygens (including phenoxy) is 1. The van der Waals surface area contributed by atoms with Gasteiger partial charge in [-0.25, -0.2) is 18.6 Å². The molecule has 7 heteroatoms. The quantitative estimate of drug-likeness (QED) is 0.772. The summed E-state index contributed by atoms with van der Waals surface area (Å²) < 4.78 is 30.2. The number of hydrogen-bond acceptors (Lipinski definition) is 5. The molecule has 132 valence electrons. The number of likely N-dealkylation sites (tertiary alicyclic amines) is 1. The lowest BCUT2D eigenvalue weighted by molar-refractivity contribution is 0.00223. The van der Waals surface area contributed by atoms with Crippen molar-refractivity contribution in [2.45, 2.75) is 38.2 Å². The van der Waals surface area contributed by atoms with Crippen LogP contribution < -0.4 is 4.90 Å². The number of esters is 1. The van der Waals surface area contributed by atoms with Crippen LogP contribution in [0.25, 0.3) is 0 Å². The fourth-order valence-electron chi connectivity index (χ4n) is 3.26. The molecule has 1 aromatic heterocycles. The molecule has 1 aromatic rings. The highest BCUT2D eigenvalue weighted by molar-refractivity contribution is 5.89. The number of piperidine rings is 1. The van der Waals surface area contributed by atoms with Crippen LogP contribution in [0.5, 0.6) is 0 Å². The van der Waals surface area contributed by atoms with Crippen LogP contribution >= 0.6 is 0 Å². The Morgan fingerprint density at radius 3 is 2.50 bits per heavy atom. The van der Waals surface area contributed by atoms with Crippen LogP contribution in [0.3, 0.4) is 0 Å². The highest BCUT2D eigenvalue weighted by Crippen LogP contribution is 2.19. The first-order valence-electron chi connectivity index (χ1n) is 8.54. The largest absolute Gasteiger partial charge is 0.459 e. The molecule has 2 aliphatic rings. The number of alkyl halides is 2. The zero-order valence-electron chi connectivity index (χ0n) is 13.7. The molecule has 0 aliphatic carbocycles. The molecule has 24 heavy (non-hydrogen) atoms. The van der Waals surface area contributed by atoms with Crippen molar-refractivity contribution in [3.63, 3.8) is 0 Å². The minimum atomic E-state index is -2.32. The van der Waals surface area contributed by atoms with Gasteiger partial charge in [-0.15, -0.1) is 0 Å². The molecule has 5 nitrogen and oxygen atoms in total. The van der Waals surface area contributed by atoms with E-state index in [1.165, 1.54) is 12.8 Å². The molecule has 0 amide bonds. The number of carbonyl (C=O) groups excluding carboxylic acids is 1. The molecule has 0 saturated carbocycles. The van der Waals surface area contributed by atoms with Crippen molar-refractivity contribution in [2.75, 3.05) is 37.6 Å². The Morgan fingerprint density at radius 2 is 1.92 bits per heavy atom. The lowest BCUT2D eigenvalue weighted by atomic mass is 10.1. The van der Waals surface area contributed by atoms with Gasteiger partial charge in [-0.3, -0.25) is 4.90 Å². The van der Waals surface area contributed by atoms with Crippen LogP contribution in [0.15, 0.2) is 18.3 Å². The van der Waals surface area contributed by atoms with Gasteiger partial charge in [-0.05, 0) is 37.8 Å². The van der Waals surface area contributed by atoms with Crippen LogP contribution in [0.2, 0.25) is 0 Å². The molecule has 0 radical (unpaired) electrons. The number of aromatic nitrogens is 1. The first kappa shape index (κ1) is 17.1. The first-order chi connectivity index (χ1) is 11.6. The van der Waals surface area contributed by atoms with Crippen molar-refractivity contribution in [3.05, 3.63) is 23.9 Å². The standard InChI is InChI=1S/C17H23F2N3O2/c18-15(19)12-21-9-5-14(6-10-21)24-17(23)13-3-4-16(20-11-13)22-7-1-2-8-22/h3-4,11,14-15H,1-2,5-10,12H2. The maximum Gasteiger partial charge on any atom is 0.339 e. The normalized spacial score (nSPS) is 19.9. The van der Waals surface area contributed by atoms with Crippen LogP contribution in [0, 0.1) is 0 Å². The average molecular weight is 339 g/mol. The molecule has 3 heterocycles. The van der Waals surface area contributed by atoms with E-state index < -0.39 is 6.43 Å². The zero-order valence-corrected chi connectivity index (χ0v) is 13.7. The van der Waals surface area contributed by atoms with Crippen LogP contribution in [0.1, 0.15) is 36.0 Å². The van der Waals surface area contributed by atoms with Gasteiger partial charge in [0.25, 0.3) is 6.43 Å². The lowest BCUT2D eigenvalue weighted by Crippen LogP contribution is -2.40. The van der Waals surface area contributed by atoms with E-state index in [1.54, 1.807) is 17.2 Å². The number of carbonyl (C=O) groups is 1. The Bertz CT molecular complexity index is 539. The summed E-state index contributed by atoms with van der Waals surface area (Å²) >= 11 is 0. The number of anilines is 1. The summed E-state index contributed by atoms with van der Waals surface area (Å²) in [6.07, 6.45) is 2.58. The van der Waals surface area contributed by atoms with Gasteiger partial charge in [0.05, 0.1) is 12.1 Å². The van der Waals surface area contributed by atoms with E-state index in [0.29, 0.717) is 31.5 Å². The molecule has 3 rings (SSSR count). The third kappa shape index (κ3) is 4.41. The molecular weight excluding hydrogens is 316 g/mol. The molecule has 2 saturated heterocycles. The van der Waals surface area contributed by atoms with Crippen molar-refractivity contribution < 1.29 is 18.3 Å². The number of rotatable bonds is 5. The SMILES string of the molecule is O=C(OC1CCN(CC(F)F)CC1)c1ccc(N2CCCC2)nc1. The Hall–Kier alpha value is -1.76. The topological polar surface area (TPSA) is 45.7 Å². The van der Waals surface area contributed by atoms with Gasteiger partial charge >= 0.3 is 5.97 Å². The molecule has 0 unspecified atom stereocenters.